The molecule has 2 aromatic heterocycles. The summed E-state index contributed by atoms with van der Waals surface area (Å²) in [6.45, 7) is 0. The van der Waals surface area contributed by atoms with Gasteiger partial charge in [-0.1, -0.05) is 17.7 Å². The molecule has 0 aliphatic carbocycles. The molecule has 0 unspecified atom stereocenters. The van der Waals surface area contributed by atoms with E-state index in [1.807, 2.05) is 0 Å². The fourth-order valence-corrected chi connectivity index (χ4v) is 2.02. The second-order valence-corrected chi connectivity index (χ2v) is 4.51. The van der Waals surface area contributed by atoms with Gasteiger partial charge in [0.05, 0.1) is 11.2 Å². The lowest BCUT2D eigenvalue weighted by atomic mass is 10.3. The molecular weight excluding hydrogens is 301 g/mol. The molecule has 21 heavy (non-hydrogen) atoms. The molecule has 0 saturated carbocycles. The maximum absolute atomic E-state index is 13.1. The number of nitro groups is 1. The first-order chi connectivity index (χ1) is 10.1. The lowest BCUT2D eigenvalue weighted by molar-refractivity contribution is -0.391. The van der Waals surface area contributed by atoms with E-state index in [0.717, 1.165) is 6.07 Å². The average Bonchev–Trinajstić information content (AvgIpc) is 2.80. The zero-order valence-electron chi connectivity index (χ0n) is 10.4. The van der Waals surface area contributed by atoms with Gasteiger partial charge in [-0.3, -0.25) is 0 Å². The normalized spacial score (nSPS) is 10.8. The van der Waals surface area contributed by atoms with E-state index in [2.05, 4.69) is 4.98 Å². The van der Waals surface area contributed by atoms with Crippen molar-refractivity contribution in [1.29, 1.82) is 0 Å². The van der Waals surface area contributed by atoms with Crippen molar-refractivity contribution in [2.75, 3.05) is 0 Å². The molecule has 0 aliphatic rings. The van der Waals surface area contributed by atoms with Crippen LogP contribution >= 0.6 is 11.6 Å². The van der Waals surface area contributed by atoms with Crippen molar-refractivity contribution in [3.8, 4) is 11.6 Å². The number of aromatic nitrogens is 2. The van der Waals surface area contributed by atoms with E-state index < -0.39 is 10.7 Å². The molecule has 1 aromatic carbocycles. The Morgan fingerprint density at radius 1 is 1.33 bits per heavy atom. The smallest absolute Gasteiger partial charge is 0.392 e. The van der Waals surface area contributed by atoms with Crippen molar-refractivity contribution < 1.29 is 14.1 Å². The van der Waals surface area contributed by atoms with Gasteiger partial charge in [0, 0.05) is 12.1 Å². The van der Waals surface area contributed by atoms with Crippen LogP contribution in [0.15, 0.2) is 42.6 Å². The molecule has 0 N–H and O–H groups in total. The minimum absolute atomic E-state index is 0.140. The first-order valence-electron chi connectivity index (χ1n) is 5.80. The van der Waals surface area contributed by atoms with Crippen molar-refractivity contribution >= 4 is 23.1 Å². The van der Waals surface area contributed by atoms with Gasteiger partial charge in [-0.25, -0.2) is 4.39 Å². The molecule has 0 aliphatic heterocycles. The van der Waals surface area contributed by atoms with E-state index in [4.69, 9.17) is 16.3 Å². The number of ether oxygens (including phenoxy) is 1. The van der Waals surface area contributed by atoms with Crippen LogP contribution in [0.5, 0.6) is 11.6 Å². The standard InChI is InChI=1S/C13H7ClFN3O3/c14-9-7-8(4-5-10(9)15)21-12-13(18(19)20)17-6-2-1-3-11(17)16-12/h1-7H. The predicted octanol–water partition coefficient (Wildman–Crippen LogP) is 3.83. The number of rotatable bonds is 3. The van der Waals surface area contributed by atoms with Gasteiger partial charge in [-0.15, -0.1) is 0 Å². The first-order valence-corrected chi connectivity index (χ1v) is 6.18. The Morgan fingerprint density at radius 2 is 2.14 bits per heavy atom. The average molecular weight is 308 g/mol. The maximum Gasteiger partial charge on any atom is 0.392 e. The van der Waals surface area contributed by atoms with E-state index in [1.165, 1.54) is 22.7 Å². The molecule has 3 aromatic rings. The lowest BCUT2D eigenvalue weighted by Crippen LogP contribution is -1.96. The molecule has 0 atom stereocenters. The Labute approximate surface area is 122 Å². The van der Waals surface area contributed by atoms with Crippen LogP contribution in [-0.4, -0.2) is 14.3 Å². The van der Waals surface area contributed by atoms with Crippen LogP contribution in [0.4, 0.5) is 10.2 Å². The van der Waals surface area contributed by atoms with Crippen molar-refractivity contribution in [3.05, 3.63) is 63.5 Å². The third-order valence-electron chi connectivity index (χ3n) is 2.75. The molecule has 8 heteroatoms. The Kier molecular flexibility index (Phi) is 3.19. The van der Waals surface area contributed by atoms with E-state index >= 15 is 0 Å². The van der Waals surface area contributed by atoms with Crippen LogP contribution < -0.4 is 4.74 Å². The number of hydrogen-bond donors (Lipinski definition) is 0. The number of nitrogens with zero attached hydrogens (tertiary/aromatic N) is 3. The van der Waals surface area contributed by atoms with Crippen LogP contribution in [0.2, 0.25) is 5.02 Å². The van der Waals surface area contributed by atoms with Crippen LogP contribution in [0.25, 0.3) is 5.65 Å². The van der Waals surface area contributed by atoms with Crippen molar-refractivity contribution in [2.24, 2.45) is 0 Å². The summed E-state index contributed by atoms with van der Waals surface area (Å²) in [5.41, 5.74) is 0.368. The molecule has 3 rings (SSSR count). The molecule has 0 spiro atoms. The summed E-state index contributed by atoms with van der Waals surface area (Å²) >= 11 is 5.65. The van der Waals surface area contributed by atoms with E-state index in [9.17, 15) is 14.5 Å². The number of hydrogen-bond acceptors (Lipinski definition) is 4. The van der Waals surface area contributed by atoms with E-state index in [-0.39, 0.29) is 22.5 Å². The number of benzene rings is 1. The number of imidazole rings is 1. The number of halogens is 2. The molecule has 106 valence electrons. The summed E-state index contributed by atoms with van der Waals surface area (Å²) in [5, 5.41) is 11.0. The summed E-state index contributed by atoms with van der Waals surface area (Å²) in [4.78, 5) is 14.6. The topological polar surface area (TPSA) is 69.7 Å². The van der Waals surface area contributed by atoms with Gasteiger partial charge in [-0.2, -0.15) is 9.38 Å². The summed E-state index contributed by atoms with van der Waals surface area (Å²) in [6, 6.07) is 8.60. The summed E-state index contributed by atoms with van der Waals surface area (Å²) in [7, 11) is 0. The molecular formula is C13H7ClFN3O3. The quantitative estimate of drug-likeness (QED) is 0.544. The number of fused-ring (bicyclic) bond motifs is 1. The highest BCUT2D eigenvalue weighted by Gasteiger charge is 2.24. The minimum atomic E-state index is -0.603. The summed E-state index contributed by atoms with van der Waals surface area (Å²) in [6.07, 6.45) is 1.50. The second-order valence-electron chi connectivity index (χ2n) is 4.10. The third kappa shape index (κ3) is 2.38. The summed E-state index contributed by atoms with van der Waals surface area (Å²) in [5.74, 6) is -0.943. The van der Waals surface area contributed by atoms with Gasteiger partial charge in [0.15, 0.2) is 0 Å². The van der Waals surface area contributed by atoms with Crippen molar-refractivity contribution in [2.45, 2.75) is 0 Å². The highest BCUT2D eigenvalue weighted by Crippen LogP contribution is 2.32. The molecule has 2 heterocycles. The van der Waals surface area contributed by atoms with Gasteiger partial charge in [0.2, 0.25) is 5.65 Å². The van der Waals surface area contributed by atoms with Gasteiger partial charge in [0.1, 0.15) is 11.6 Å². The molecule has 6 nitrogen and oxygen atoms in total. The van der Waals surface area contributed by atoms with Crippen LogP contribution in [0, 0.1) is 15.9 Å². The zero-order chi connectivity index (χ0) is 15.0. The SMILES string of the molecule is O=[N+]([O-])c1c(Oc2ccc(F)c(Cl)c2)nc2ccccn12. The molecule has 0 radical (unpaired) electrons. The molecule has 0 bridgehead atoms. The summed E-state index contributed by atoms with van der Waals surface area (Å²) < 4.78 is 19.8. The first kappa shape index (κ1) is 13.3. The van der Waals surface area contributed by atoms with Gasteiger partial charge >= 0.3 is 11.7 Å². The zero-order valence-corrected chi connectivity index (χ0v) is 11.1. The fourth-order valence-electron chi connectivity index (χ4n) is 1.85. The maximum atomic E-state index is 13.1. The largest absolute Gasteiger partial charge is 0.432 e. The van der Waals surface area contributed by atoms with Crippen LogP contribution in [0.3, 0.4) is 0 Å². The van der Waals surface area contributed by atoms with Gasteiger partial charge in [-0.05, 0) is 23.1 Å². The van der Waals surface area contributed by atoms with E-state index in [0.29, 0.717) is 5.65 Å². The monoisotopic (exact) mass is 307 g/mol. The lowest BCUT2D eigenvalue weighted by Gasteiger charge is -2.03. The van der Waals surface area contributed by atoms with Crippen molar-refractivity contribution in [3.63, 3.8) is 0 Å². The van der Waals surface area contributed by atoms with E-state index in [1.54, 1.807) is 18.2 Å². The molecule has 0 fully saturated rings. The van der Waals surface area contributed by atoms with Gasteiger partial charge in [0.25, 0.3) is 0 Å². The second kappa shape index (κ2) is 5.02. The minimum Gasteiger partial charge on any atom is -0.432 e. The van der Waals surface area contributed by atoms with Crippen molar-refractivity contribution in [1.82, 2.24) is 9.38 Å². The third-order valence-corrected chi connectivity index (χ3v) is 3.04. The Balaban J connectivity index is 2.09. The van der Waals surface area contributed by atoms with Gasteiger partial charge < -0.3 is 14.9 Å². The molecule has 0 amide bonds. The Hall–Kier alpha value is -2.67. The Bertz CT molecular complexity index is 850. The fraction of sp³-hybridized carbons (Fsp3) is 0. The Morgan fingerprint density at radius 3 is 2.86 bits per heavy atom. The highest BCUT2D eigenvalue weighted by molar-refractivity contribution is 6.30. The predicted molar refractivity (Wildman–Crippen MR) is 73.3 cm³/mol. The van der Waals surface area contributed by atoms with Crippen LogP contribution in [-0.2, 0) is 0 Å². The van der Waals surface area contributed by atoms with Crippen LogP contribution in [0.1, 0.15) is 0 Å². The highest BCUT2D eigenvalue weighted by atomic mass is 35.5. The molecule has 0 saturated heterocycles. The number of pyridine rings is 1.